The molecule has 3 heteroatoms. The van der Waals surface area contributed by atoms with Crippen molar-refractivity contribution in [2.75, 3.05) is 0 Å². The van der Waals surface area contributed by atoms with Crippen molar-refractivity contribution in [1.29, 1.82) is 0 Å². The first-order valence-corrected chi connectivity index (χ1v) is 9.64. The molecule has 1 amide bonds. The van der Waals surface area contributed by atoms with E-state index in [1.807, 2.05) is 19.1 Å². The first-order chi connectivity index (χ1) is 12.5. The molecule has 0 unspecified atom stereocenters. The number of hydrogen-bond acceptors (Lipinski definition) is 2. The third-order valence-electron chi connectivity index (χ3n) is 5.11. The molecule has 2 rings (SSSR count). The molecule has 2 atom stereocenters. The molecule has 146 valence electrons. The van der Waals surface area contributed by atoms with Crippen LogP contribution in [0.1, 0.15) is 68.5 Å². The first-order valence-electron chi connectivity index (χ1n) is 9.64. The predicted octanol–water partition coefficient (Wildman–Crippen LogP) is 5.55. The average molecular weight is 368 g/mol. The van der Waals surface area contributed by atoms with Gasteiger partial charge in [-0.15, -0.1) is 0 Å². The highest BCUT2D eigenvalue weighted by Crippen LogP contribution is 2.25. The molecule has 3 nitrogen and oxygen atoms in total. The lowest BCUT2D eigenvalue weighted by Crippen LogP contribution is -2.38. The summed E-state index contributed by atoms with van der Waals surface area (Å²) in [6.07, 6.45) is -0.556. The highest BCUT2D eigenvalue weighted by atomic mass is 16.5. The zero-order valence-corrected chi connectivity index (χ0v) is 17.9. The monoisotopic (exact) mass is 367 g/mol. The summed E-state index contributed by atoms with van der Waals surface area (Å²) in [5.41, 5.74) is 6.18. The number of aryl methyl sites for hydroxylation is 3. The van der Waals surface area contributed by atoms with Crippen LogP contribution in [-0.4, -0.2) is 12.0 Å². The molecular formula is C24H33NO2. The molecule has 0 saturated carbocycles. The van der Waals surface area contributed by atoms with E-state index in [-0.39, 0.29) is 17.4 Å². The van der Waals surface area contributed by atoms with Gasteiger partial charge in [0, 0.05) is 0 Å². The number of benzene rings is 2. The Morgan fingerprint density at radius 1 is 0.926 bits per heavy atom. The molecule has 2 aromatic rings. The first kappa shape index (κ1) is 21.0. The summed E-state index contributed by atoms with van der Waals surface area (Å²) in [4.78, 5) is 12.6. The Hall–Kier alpha value is -2.29. The van der Waals surface area contributed by atoms with Crippen molar-refractivity contribution < 1.29 is 9.53 Å². The molecular weight excluding hydrogens is 334 g/mol. The van der Waals surface area contributed by atoms with Crippen LogP contribution in [0.5, 0.6) is 5.75 Å². The van der Waals surface area contributed by atoms with Crippen molar-refractivity contribution in [3.05, 3.63) is 64.2 Å². The van der Waals surface area contributed by atoms with Gasteiger partial charge in [-0.05, 0) is 80.0 Å². The molecule has 27 heavy (non-hydrogen) atoms. The smallest absolute Gasteiger partial charge is 0.261 e. The van der Waals surface area contributed by atoms with Gasteiger partial charge in [0.2, 0.25) is 0 Å². The Kier molecular flexibility index (Phi) is 6.35. The van der Waals surface area contributed by atoms with Gasteiger partial charge in [0.1, 0.15) is 5.75 Å². The highest BCUT2D eigenvalue weighted by molar-refractivity contribution is 5.81. The van der Waals surface area contributed by atoms with E-state index in [1.165, 1.54) is 22.3 Å². The van der Waals surface area contributed by atoms with Gasteiger partial charge >= 0.3 is 0 Å². The molecule has 1 N–H and O–H groups in total. The summed E-state index contributed by atoms with van der Waals surface area (Å²) in [5.74, 6) is 0.598. The second kappa shape index (κ2) is 8.16. The number of carbonyl (C=O) groups is 1. The third kappa shape index (κ3) is 5.35. The predicted molar refractivity (Wildman–Crippen MR) is 112 cm³/mol. The molecule has 0 aromatic heterocycles. The van der Waals surface area contributed by atoms with Gasteiger partial charge in [0.15, 0.2) is 6.10 Å². The highest BCUT2D eigenvalue weighted by Gasteiger charge is 2.20. The van der Waals surface area contributed by atoms with Gasteiger partial charge < -0.3 is 10.1 Å². The normalized spacial score (nSPS) is 13.8. The summed E-state index contributed by atoms with van der Waals surface area (Å²) in [7, 11) is 0. The number of amides is 1. The van der Waals surface area contributed by atoms with Crippen LogP contribution < -0.4 is 10.1 Å². The maximum atomic E-state index is 12.6. The van der Waals surface area contributed by atoms with E-state index < -0.39 is 6.10 Å². The van der Waals surface area contributed by atoms with Crippen LogP contribution in [0.15, 0.2) is 36.4 Å². The fourth-order valence-corrected chi connectivity index (χ4v) is 3.15. The lowest BCUT2D eigenvalue weighted by atomic mass is 9.87. The number of ether oxygens (including phenoxy) is 1. The van der Waals surface area contributed by atoms with Crippen LogP contribution in [0.4, 0.5) is 0 Å². The zero-order valence-electron chi connectivity index (χ0n) is 17.9. The Morgan fingerprint density at radius 2 is 1.48 bits per heavy atom. The molecule has 0 heterocycles. The average Bonchev–Trinajstić information content (AvgIpc) is 2.57. The zero-order chi connectivity index (χ0) is 20.4. The lowest BCUT2D eigenvalue weighted by molar-refractivity contribution is -0.127. The number of hydrogen-bond donors (Lipinski definition) is 1. The van der Waals surface area contributed by atoms with Crippen LogP contribution in [0.3, 0.4) is 0 Å². The van der Waals surface area contributed by atoms with Crippen LogP contribution in [-0.2, 0) is 10.2 Å². The minimum Gasteiger partial charge on any atom is -0.481 e. The van der Waals surface area contributed by atoms with Crippen molar-refractivity contribution in [2.24, 2.45) is 0 Å². The summed E-state index contributed by atoms with van der Waals surface area (Å²) in [5, 5.41) is 3.08. The second-order valence-electron chi connectivity index (χ2n) is 8.56. The van der Waals surface area contributed by atoms with E-state index in [4.69, 9.17) is 4.74 Å². The van der Waals surface area contributed by atoms with Crippen LogP contribution >= 0.6 is 0 Å². The summed E-state index contributed by atoms with van der Waals surface area (Å²) in [6.45, 7) is 16.6. The van der Waals surface area contributed by atoms with Gasteiger partial charge in [-0.25, -0.2) is 0 Å². The molecule has 0 aliphatic carbocycles. The molecule has 0 spiro atoms. The molecule has 0 radical (unpaired) electrons. The number of carbonyl (C=O) groups excluding carboxylic acids is 1. The number of rotatable bonds is 5. The molecule has 0 bridgehead atoms. The Morgan fingerprint density at radius 3 is 2.04 bits per heavy atom. The van der Waals surface area contributed by atoms with Crippen molar-refractivity contribution in [2.45, 2.75) is 73.0 Å². The maximum Gasteiger partial charge on any atom is 0.261 e. The van der Waals surface area contributed by atoms with Gasteiger partial charge in [0.25, 0.3) is 5.91 Å². The van der Waals surface area contributed by atoms with E-state index in [9.17, 15) is 4.79 Å². The molecule has 2 aromatic carbocycles. The third-order valence-corrected chi connectivity index (χ3v) is 5.11. The number of nitrogens with one attached hydrogen (secondary N) is 1. The molecule has 0 aliphatic heterocycles. The fraction of sp³-hybridized carbons (Fsp3) is 0.458. The standard InChI is InChI=1S/C24H33NO2/c1-15-13-17(3)22(14-16(15)2)18(4)25-23(26)19(5)27-21-11-9-20(10-12-21)24(6,7)8/h9-14,18-19H,1-8H3,(H,25,26)/t18-,19+/m0/s1. The van der Waals surface area contributed by atoms with E-state index in [1.54, 1.807) is 6.92 Å². The van der Waals surface area contributed by atoms with E-state index in [0.29, 0.717) is 5.75 Å². The Balaban J connectivity index is 2.02. The molecule has 0 saturated heterocycles. The van der Waals surface area contributed by atoms with E-state index in [2.05, 4.69) is 71.1 Å². The quantitative estimate of drug-likeness (QED) is 0.752. The van der Waals surface area contributed by atoms with Crippen molar-refractivity contribution in [3.63, 3.8) is 0 Å². The molecule has 0 fully saturated rings. The van der Waals surface area contributed by atoms with Crippen LogP contribution in [0.25, 0.3) is 0 Å². The minimum absolute atomic E-state index is 0.0638. The summed E-state index contributed by atoms with van der Waals surface area (Å²) < 4.78 is 5.84. The van der Waals surface area contributed by atoms with Gasteiger partial charge in [0.05, 0.1) is 6.04 Å². The second-order valence-corrected chi connectivity index (χ2v) is 8.56. The molecule has 0 aliphatic rings. The Bertz CT molecular complexity index is 800. The largest absolute Gasteiger partial charge is 0.481 e. The van der Waals surface area contributed by atoms with Crippen LogP contribution in [0, 0.1) is 20.8 Å². The topological polar surface area (TPSA) is 38.3 Å². The van der Waals surface area contributed by atoms with Crippen molar-refractivity contribution in [3.8, 4) is 5.75 Å². The lowest BCUT2D eigenvalue weighted by Gasteiger charge is -2.22. The summed E-state index contributed by atoms with van der Waals surface area (Å²) in [6, 6.07) is 12.2. The SMILES string of the molecule is Cc1cc(C)c([C@H](C)NC(=O)[C@@H](C)Oc2ccc(C(C)(C)C)cc2)cc1C. The van der Waals surface area contributed by atoms with E-state index in [0.717, 1.165) is 5.56 Å². The minimum atomic E-state index is -0.556. The maximum absolute atomic E-state index is 12.6. The van der Waals surface area contributed by atoms with Crippen LogP contribution in [0.2, 0.25) is 0 Å². The van der Waals surface area contributed by atoms with Gasteiger partial charge in [-0.1, -0.05) is 45.0 Å². The van der Waals surface area contributed by atoms with Crippen molar-refractivity contribution >= 4 is 5.91 Å². The van der Waals surface area contributed by atoms with Gasteiger partial charge in [-0.3, -0.25) is 4.79 Å². The van der Waals surface area contributed by atoms with Gasteiger partial charge in [-0.2, -0.15) is 0 Å². The van der Waals surface area contributed by atoms with Crippen molar-refractivity contribution in [1.82, 2.24) is 5.32 Å². The fourth-order valence-electron chi connectivity index (χ4n) is 3.15. The summed E-state index contributed by atoms with van der Waals surface area (Å²) >= 11 is 0. The Labute approximate surface area is 164 Å². The van der Waals surface area contributed by atoms with E-state index >= 15 is 0 Å².